The third-order valence-electron chi connectivity index (χ3n) is 4.57. The Hall–Kier alpha value is -2.49. The van der Waals surface area contributed by atoms with E-state index in [4.69, 9.17) is 0 Å². The number of benzene rings is 2. The fourth-order valence-corrected chi connectivity index (χ4v) is 3.34. The predicted molar refractivity (Wildman–Crippen MR) is 88.9 cm³/mol. The van der Waals surface area contributed by atoms with Gasteiger partial charge in [0.25, 0.3) is 5.69 Å². The van der Waals surface area contributed by atoms with Crippen LogP contribution in [0.2, 0.25) is 0 Å². The Balaban J connectivity index is 1.79. The fraction of sp³-hybridized carbons (Fsp3) is 0.316. The summed E-state index contributed by atoms with van der Waals surface area (Å²) in [5, 5.41) is 10.7. The standard InChI is InChI=1S/C19H19NO3/c1-13-5-6-14-3-2-4-16(18(14)11-13)12-19(21)15-7-9-17(10-8-15)20(22)23/h5-11,16H,2-4,12H2,1H3. The average Bonchev–Trinajstić information content (AvgIpc) is 2.55. The van der Waals surface area contributed by atoms with Crippen molar-refractivity contribution >= 4 is 11.5 Å². The molecule has 1 aliphatic rings. The molecule has 23 heavy (non-hydrogen) atoms. The Morgan fingerprint density at radius 1 is 1.22 bits per heavy atom. The smallest absolute Gasteiger partial charge is 0.269 e. The average molecular weight is 309 g/mol. The van der Waals surface area contributed by atoms with Crippen molar-refractivity contribution in [3.8, 4) is 0 Å². The highest BCUT2D eigenvalue weighted by molar-refractivity contribution is 5.96. The molecule has 0 fully saturated rings. The number of hydrogen-bond donors (Lipinski definition) is 0. The Labute approximate surface area is 135 Å². The number of ketones is 1. The molecule has 0 saturated heterocycles. The van der Waals surface area contributed by atoms with E-state index in [-0.39, 0.29) is 17.4 Å². The minimum atomic E-state index is -0.450. The van der Waals surface area contributed by atoms with Crippen molar-refractivity contribution in [2.75, 3.05) is 0 Å². The summed E-state index contributed by atoms with van der Waals surface area (Å²) in [5.41, 5.74) is 4.43. The van der Waals surface area contributed by atoms with E-state index in [1.54, 1.807) is 12.1 Å². The molecule has 118 valence electrons. The van der Waals surface area contributed by atoms with E-state index < -0.39 is 4.92 Å². The second-order valence-electron chi connectivity index (χ2n) is 6.22. The van der Waals surface area contributed by atoms with E-state index in [0.29, 0.717) is 12.0 Å². The van der Waals surface area contributed by atoms with E-state index >= 15 is 0 Å². The molecular weight excluding hydrogens is 290 g/mol. The Bertz CT molecular complexity index is 750. The normalized spacial score (nSPS) is 16.7. The van der Waals surface area contributed by atoms with Crippen molar-refractivity contribution in [3.05, 3.63) is 74.8 Å². The molecule has 1 aliphatic carbocycles. The second-order valence-corrected chi connectivity index (χ2v) is 6.22. The van der Waals surface area contributed by atoms with Gasteiger partial charge in [0.2, 0.25) is 0 Å². The van der Waals surface area contributed by atoms with Crippen LogP contribution in [0.1, 0.15) is 52.2 Å². The molecule has 0 aromatic heterocycles. The highest BCUT2D eigenvalue weighted by Crippen LogP contribution is 2.35. The van der Waals surface area contributed by atoms with Gasteiger partial charge in [0.05, 0.1) is 4.92 Å². The first-order chi connectivity index (χ1) is 11.0. The summed E-state index contributed by atoms with van der Waals surface area (Å²) in [5.74, 6) is 0.306. The molecule has 0 bridgehead atoms. The Morgan fingerprint density at radius 2 is 1.96 bits per heavy atom. The Kier molecular flexibility index (Phi) is 4.24. The molecule has 0 amide bonds. The third-order valence-corrected chi connectivity index (χ3v) is 4.57. The van der Waals surface area contributed by atoms with Crippen LogP contribution in [0.25, 0.3) is 0 Å². The van der Waals surface area contributed by atoms with Crippen LogP contribution >= 0.6 is 0 Å². The highest BCUT2D eigenvalue weighted by atomic mass is 16.6. The van der Waals surface area contributed by atoms with Crippen LogP contribution in [-0.2, 0) is 6.42 Å². The van der Waals surface area contributed by atoms with Crippen LogP contribution in [0.4, 0.5) is 5.69 Å². The molecule has 2 aromatic rings. The van der Waals surface area contributed by atoms with Crippen molar-refractivity contribution in [2.24, 2.45) is 0 Å². The van der Waals surface area contributed by atoms with Crippen LogP contribution in [-0.4, -0.2) is 10.7 Å². The lowest BCUT2D eigenvalue weighted by atomic mass is 9.79. The number of hydrogen-bond acceptors (Lipinski definition) is 3. The zero-order valence-electron chi connectivity index (χ0n) is 13.1. The Morgan fingerprint density at radius 3 is 2.65 bits per heavy atom. The number of aryl methyl sites for hydroxylation is 2. The molecule has 0 heterocycles. The first-order valence-electron chi connectivity index (χ1n) is 7.91. The summed E-state index contributed by atoms with van der Waals surface area (Å²) in [6.07, 6.45) is 3.68. The molecule has 1 atom stereocenters. The molecule has 2 aromatic carbocycles. The zero-order chi connectivity index (χ0) is 16.4. The van der Waals surface area contributed by atoms with Gasteiger partial charge in [-0.15, -0.1) is 0 Å². The number of nitro groups is 1. The predicted octanol–water partition coefficient (Wildman–Crippen LogP) is 4.60. The molecule has 4 nitrogen and oxygen atoms in total. The molecule has 0 radical (unpaired) electrons. The molecule has 0 spiro atoms. The molecular formula is C19H19NO3. The lowest BCUT2D eigenvalue weighted by molar-refractivity contribution is -0.384. The SMILES string of the molecule is Cc1ccc2c(c1)C(CC(=O)c1ccc([N+](=O)[O-])cc1)CCC2. The van der Waals surface area contributed by atoms with Crippen molar-refractivity contribution in [1.82, 2.24) is 0 Å². The first-order valence-corrected chi connectivity index (χ1v) is 7.91. The van der Waals surface area contributed by atoms with Gasteiger partial charge in [0, 0.05) is 24.1 Å². The van der Waals surface area contributed by atoms with Crippen LogP contribution in [0, 0.1) is 17.0 Å². The van der Waals surface area contributed by atoms with E-state index in [1.807, 2.05) is 0 Å². The monoisotopic (exact) mass is 309 g/mol. The number of carbonyl (C=O) groups excluding carboxylic acids is 1. The summed E-state index contributed by atoms with van der Waals surface area (Å²) >= 11 is 0. The number of non-ortho nitro benzene ring substituents is 1. The van der Waals surface area contributed by atoms with Gasteiger partial charge in [-0.1, -0.05) is 23.8 Å². The molecule has 4 heteroatoms. The third kappa shape index (κ3) is 3.31. The van der Waals surface area contributed by atoms with E-state index in [0.717, 1.165) is 19.3 Å². The number of Topliss-reactive ketones (excluding diaryl/α,β-unsaturated/α-hetero) is 1. The van der Waals surface area contributed by atoms with Gasteiger partial charge in [0.15, 0.2) is 5.78 Å². The number of rotatable bonds is 4. The van der Waals surface area contributed by atoms with Gasteiger partial charge >= 0.3 is 0 Å². The van der Waals surface area contributed by atoms with E-state index in [1.165, 1.54) is 28.8 Å². The summed E-state index contributed by atoms with van der Waals surface area (Å²) < 4.78 is 0. The second kappa shape index (κ2) is 6.32. The van der Waals surface area contributed by atoms with Gasteiger partial charge in [-0.2, -0.15) is 0 Å². The first kappa shape index (κ1) is 15.4. The minimum Gasteiger partial charge on any atom is -0.294 e. The number of nitro benzene ring substituents is 1. The fourth-order valence-electron chi connectivity index (χ4n) is 3.34. The van der Waals surface area contributed by atoms with Crippen LogP contribution in [0.15, 0.2) is 42.5 Å². The van der Waals surface area contributed by atoms with Crippen molar-refractivity contribution in [1.29, 1.82) is 0 Å². The molecule has 0 N–H and O–H groups in total. The lowest BCUT2D eigenvalue weighted by Gasteiger charge is -2.25. The summed E-state index contributed by atoms with van der Waals surface area (Å²) in [4.78, 5) is 22.8. The molecule has 1 unspecified atom stereocenters. The number of carbonyl (C=O) groups is 1. The summed E-state index contributed by atoms with van der Waals surface area (Å²) in [6, 6.07) is 12.4. The number of nitrogens with zero attached hydrogens (tertiary/aromatic N) is 1. The summed E-state index contributed by atoms with van der Waals surface area (Å²) in [7, 11) is 0. The highest BCUT2D eigenvalue weighted by Gasteiger charge is 2.23. The maximum Gasteiger partial charge on any atom is 0.269 e. The minimum absolute atomic E-state index is 0.0141. The van der Waals surface area contributed by atoms with Crippen LogP contribution < -0.4 is 0 Å². The van der Waals surface area contributed by atoms with Gasteiger partial charge in [-0.25, -0.2) is 0 Å². The van der Waals surface area contributed by atoms with Crippen molar-refractivity contribution < 1.29 is 9.72 Å². The lowest BCUT2D eigenvalue weighted by Crippen LogP contribution is -2.14. The quantitative estimate of drug-likeness (QED) is 0.471. The largest absolute Gasteiger partial charge is 0.294 e. The van der Waals surface area contributed by atoms with Gasteiger partial charge < -0.3 is 0 Å². The van der Waals surface area contributed by atoms with Crippen LogP contribution in [0.3, 0.4) is 0 Å². The van der Waals surface area contributed by atoms with Crippen molar-refractivity contribution in [3.63, 3.8) is 0 Å². The van der Waals surface area contributed by atoms with Gasteiger partial charge in [0.1, 0.15) is 0 Å². The van der Waals surface area contributed by atoms with Gasteiger partial charge in [-0.05, 0) is 55.4 Å². The number of fused-ring (bicyclic) bond motifs is 1. The molecule has 3 rings (SSSR count). The summed E-state index contributed by atoms with van der Waals surface area (Å²) in [6.45, 7) is 2.07. The van der Waals surface area contributed by atoms with Gasteiger partial charge in [-0.3, -0.25) is 14.9 Å². The topological polar surface area (TPSA) is 60.2 Å². The van der Waals surface area contributed by atoms with E-state index in [9.17, 15) is 14.9 Å². The van der Waals surface area contributed by atoms with Crippen molar-refractivity contribution in [2.45, 2.75) is 38.5 Å². The maximum absolute atomic E-state index is 12.5. The molecule has 0 aliphatic heterocycles. The zero-order valence-corrected chi connectivity index (χ0v) is 13.1. The van der Waals surface area contributed by atoms with Crippen LogP contribution in [0.5, 0.6) is 0 Å². The van der Waals surface area contributed by atoms with E-state index in [2.05, 4.69) is 25.1 Å². The molecule has 0 saturated carbocycles. The maximum atomic E-state index is 12.5.